The fraction of sp³-hybridized carbons (Fsp3) is 0.233. The van der Waals surface area contributed by atoms with Crippen molar-refractivity contribution < 1.29 is 9.53 Å². The van der Waals surface area contributed by atoms with Gasteiger partial charge in [-0.15, -0.1) is 5.10 Å². The fourth-order valence-electron chi connectivity index (χ4n) is 4.52. The largest absolute Gasteiger partial charge is 0.489 e. The monoisotopic (exact) mass is 525 g/mol. The summed E-state index contributed by atoms with van der Waals surface area (Å²) in [4.78, 5) is 18.3. The van der Waals surface area contributed by atoms with E-state index in [1.54, 1.807) is 16.4 Å². The molecule has 3 aromatic carbocycles. The number of amides is 1. The minimum Gasteiger partial charge on any atom is -0.489 e. The molecule has 0 saturated carbocycles. The van der Waals surface area contributed by atoms with Crippen LogP contribution in [-0.4, -0.2) is 26.4 Å². The molecule has 0 radical (unpaired) electrons. The van der Waals surface area contributed by atoms with E-state index in [0.717, 1.165) is 39.6 Å². The van der Waals surface area contributed by atoms with Crippen LogP contribution >= 0.6 is 11.8 Å². The van der Waals surface area contributed by atoms with Gasteiger partial charge in [0.05, 0.1) is 5.57 Å². The highest BCUT2D eigenvalue weighted by molar-refractivity contribution is 7.99. The van der Waals surface area contributed by atoms with E-state index in [1.807, 2.05) is 74.5 Å². The second-order valence-corrected chi connectivity index (χ2v) is 10.5. The molecule has 4 aromatic rings. The van der Waals surface area contributed by atoms with E-state index in [2.05, 4.69) is 41.6 Å². The molecule has 2 N–H and O–H groups in total. The Hall–Kier alpha value is -4.04. The van der Waals surface area contributed by atoms with Gasteiger partial charge in [-0.3, -0.25) is 4.79 Å². The number of nitrogens with one attached hydrogen (secondary N) is 2. The zero-order valence-electron chi connectivity index (χ0n) is 22.0. The van der Waals surface area contributed by atoms with Crippen LogP contribution in [0.3, 0.4) is 0 Å². The number of carbonyl (C=O) groups excluding carboxylic acids is 1. The molecule has 5 rings (SSSR count). The molecule has 0 aliphatic carbocycles. The van der Waals surface area contributed by atoms with Crippen molar-refractivity contribution in [1.29, 1.82) is 0 Å². The molecule has 1 unspecified atom stereocenters. The van der Waals surface area contributed by atoms with Crippen LogP contribution in [0, 0.1) is 13.8 Å². The van der Waals surface area contributed by atoms with Crippen LogP contribution in [0.2, 0.25) is 0 Å². The van der Waals surface area contributed by atoms with E-state index in [1.165, 1.54) is 5.56 Å². The predicted octanol–water partition coefficient (Wildman–Crippen LogP) is 6.51. The number of allylic oxidation sites excluding steroid dienone is 1. The van der Waals surface area contributed by atoms with Crippen molar-refractivity contribution in [3.63, 3.8) is 0 Å². The summed E-state index contributed by atoms with van der Waals surface area (Å²) in [6.07, 6.45) is 0. The maximum Gasteiger partial charge on any atom is 0.255 e. The van der Waals surface area contributed by atoms with Gasteiger partial charge < -0.3 is 15.4 Å². The quantitative estimate of drug-likeness (QED) is 0.255. The lowest BCUT2D eigenvalue weighted by Crippen LogP contribution is -2.31. The Morgan fingerprint density at radius 3 is 2.58 bits per heavy atom. The van der Waals surface area contributed by atoms with Gasteiger partial charge in [0, 0.05) is 11.4 Å². The van der Waals surface area contributed by atoms with Gasteiger partial charge in [-0.25, -0.2) is 4.68 Å². The number of aryl methyl sites for hydroxylation is 2. The fourth-order valence-corrected chi connectivity index (χ4v) is 5.08. The molecule has 0 bridgehead atoms. The number of aromatic nitrogens is 3. The Bertz CT molecular complexity index is 1490. The van der Waals surface area contributed by atoms with Crippen LogP contribution in [-0.2, 0) is 11.4 Å². The first-order valence-electron chi connectivity index (χ1n) is 12.7. The topological polar surface area (TPSA) is 81.1 Å². The lowest BCUT2D eigenvalue weighted by Gasteiger charge is -2.28. The van der Waals surface area contributed by atoms with Gasteiger partial charge in [-0.1, -0.05) is 67.2 Å². The van der Waals surface area contributed by atoms with Crippen molar-refractivity contribution in [1.82, 2.24) is 14.8 Å². The molecule has 8 heteroatoms. The second kappa shape index (κ2) is 11.1. The van der Waals surface area contributed by atoms with E-state index in [9.17, 15) is 4.79 Å². The smallest absolute Gasteiger partial charge is 0.255 e. The molecule has 1 amide bonds. The Morgan fingerprint density at radius 2 is 1.84 bits per heavy atom. The highest BCUT2D eigenvalue weighted by atomic mass is 32.2. The Kier molecular flexibility index (Phi) is 7.51. The number of fused-ring (bicyclic) bond motifs is 1. The average Bonchev–Trinajstić information content (AvgIpc) is 3.30. The number of nitrogens with zero attached hydrogens (tertiary/aromatic N) is 3. The number of rotatable bonds is 8. The Morgan fingerprint density at radius 1 is 1.05 bits per heavy atom. The molecule has 1 atom stereocenters. The Balaban J connectivity index is 1.46. The molecule has 7 nitrogen and oxygen atoms in total. The molecule has 1 aliphatic heterocycles. The summed E-state index contributed by atoms with van der Waals surface area (Å²) in [5.41, 5.74) is 6.43. The number of thioether (sulfide) groups is 1. The van der Waals surface area contributed by atoms with Gasteiger partial charge in [0.15, 0.2) is 0 Å². The summed E-state index contributed by atoms with van der Waals surface area (Å²) in [5.74, 6) is 2.05. The van der Waals surface area contributed by atoms with Crippen LogP contribution in [0.1, 0.15) is 42.1 Å². The number of ether oxygens (including phenoxy) is 1. The minimum atomic E-state index is -0.444. The predicted molar refractivity (Wildman–Crippen MR) is 153 cm³/mol. The third-order valence-corrected chi connectivity index (χ3v) is 7.20. The third kappa shape index (κ3) is 5.45. The SMILES string of the molecule is CCSc1nc2n(n1)C(c1ccc(OCc3ccccc3C)cc1)C(C(=O)Nc1cccc(C)c1)=C(C)N2. The molecular formula is C30H31N5O2S. The number of carbonyl (C=O) groups is 1. The molecule has 1 aliphatic rings. The van der Waals surface area contributed by atoms with Crippen LogP contribution < -0.4 is 15.4 Å². The summed E-state index contributed by atoms with van der Waals surface area (Å²) >= 11 is 1.57. The van der Waals surface area contributed by atoms with E-state index in [0.29, 0.717) is 23.3 Å². The molecule has 0 spiro atoms. The highest BCUT2D eigenvalue weighted by Crippen LogP contribution is 2.37. The van der Waals surface area contributed by atoms with E-state index in [4.69, 9.17) is 9.84 Å². The van der Waals surface area contributed by atoms with Gasteiger partial charge in [0.25, 0.3) is 5.91 Å². The zero-order chi connectivity index (χ0) is 26.6. The second-order valence-electron chi connectivity index (χ2n) is 9.27. The molecule has 0 saturated heterocycles. The van der Waals surface area contributed by atoms with Crippen molar-refractivity contribution in [2.24, 2.45) is 0 Å². The van der Waals surface area contributed by atoms with Gasteiger partial charge in [-0.05, 0) is 73.0 Å². The summed E-state index contributed by atoms with van der Waals surface area (Å²) < 4.78 is 7.87. The molecule has 2 heterocycles. The number of anilines is 2. The van der Waals surface area contributed by atoms with Crippen molar-refractivity contribution >= 4 is 29.3 Å². The van der Waals surface area contributed by atoms with Crippen molar-refractivity contribution in [2.75, 3.05) is 16.4 Å². The van der Waals surface area contributed by atoms with E-state index < -0.39 is 6.04 Å². The average molecular weight is 526 g/mol. The highest BCUT2D eigenvalue weighted by Gasteiger charge is 2.34. The molecule has 0 fully saturated rings. The van der Waals surface area contributed by atoms with Gasteiger partial charge in [0.2, 0.25) is 11.1 Å². The van der Waals surface area contributed by atoms with Crippen LogP contribution in [0.5, 0.6) is 5.75 Å². The summed E-state index contributed by atoms with van der Waals surface area (Å²) in [5, 5.41) is 11.8. The Labute approximate surface area is 227 Å². The molecule has 194 valence electrons. The molecule has 38 heavy (non-hydrogen) atoms. The van der Waals surface area contributed by atoms with Crippen LogP contribution in [0.25, 0.3) is 0 Å². The van der Waals surface area contributed by atoms with E-state index >= 15 is 0 Å². The number of benzene rings is 3. The van der Waals surface area contributed by atoms with Gasteiger partial charge in [0.1, 0.15) is 18.4 Å². The normalized spacial score (nSPS) is 14.6. The standard InChI is InChI=1S/C30H31N5O2S/c1-5-38-30-33-29-31-21(4)26(28(36)32-24-12-8-9-19(2)17-24)27(35(29)34-30)22-13-15-25(16-14-22)37-18-23-11-7-6-10-20(23)3/h6-17,27H,5,18H2,1-4H3,(H,32,36)(H,31,33,34). The lowest BCUT2D eigenvalue weighted by molar-refractivity contribution is -0.113. The van der Waals surface area contributed by atoms with Gasteiger partial charge in [-0.2, -0.15) is 4.98 Å². The summed E-state index contributed by atoms with van der Waals surface area (Å²) in [7, 11) is 0. The first-order valence-corrected chi connectivity index (χ1v) is 13.6. The van der Waals surface area contributed by atoms with E-state index in [-0.39, 0.29) is 5.91 Å². The van der Waals surface area contributed by atoms with Crippen LogP contribution in [0.4, 0.5) is 11.6 Å². The van der Waals surface area contributed by atoms with Gasteiger partial charge >= 0.3 is 0 Å². The number of hydrogen-bond acceptors (Lipinski definition) is 6. The number of hydrogen-bond donors (Lipinski definition) is 2. The van der Waals surface area contributed by atoms with Crippen molar-refractivity contribution in [3.05, 3.63) is 106 Å². The lowest BCUT2D eigenvalue weighted by atomic mass is 9.95. The zero-order valence-corrected chi connectivity index (χ0v) is 22.8. The first-order chi connectivity index (χ1) is 18.4. The maximum absolute atomic E-state index is 13.7. The maximum atomic E-state index is 13.7. The van der Waals surface area contributed by atoms with Crippen molar-refractivity contribution in [2.45, 2.75) is 45.5 Å². The van der Waals surface area contributed by atoms with Crippen molar-refractivity contribution in [3.8, 4) is 5.75 Å². The minimum absolute atomic E-state index is 0.184. The van der Waals surface area contributed by atoms with Crippen LogP contribution in [0.15, 0.2) is 89.2 Å². The third-order valence-electron chi connectivity index (χ3n) is 6.48. The summed E-state index contributed by atoms with van der Waals surface area (Å²) in [6.45, 7) is 8.55. The molecular weight excluding hydrogens is 494 g/mol. The molecule has 1 aromatic heterocycles. The summed E-state index contributed by atoms with van der Waals surface area (Å²) in [6, 6.07) is 23.4. The first kappa shape index (κ1) is 25.6.